The van der Waals surface area contributed by atoms with Crippen molar-refractivity contribution in [3.8, 4) is 0 Å². The summed E-state index contributed by atoms with van der Waals surface area (Å²) in [5.74, 6) is 0.247. The minimum atomic E-state index is -3.68. The van der Waals surface area contributed by atoms with Crippen LogP contribution in [-0.2, 0) is 14.8 Å². The van der Waals surface area contributed by atoms with Gasteiger partial charge in [-0.05, 0) is 43.5 Å². The zero-order valence-electron chi connectivity index (χ0n) is 16.3. The summed E-state index contributed by atoms with van der Waals surface area (Å²) in [6, 6.07) is 4.45. The summed E-state index contributed by atoms with van der Waals surface area (Å²) in [4.78, 5) is 12.9. The lowest BCUT2D eigenvalue weighted by molar-refractivity contribution is -0.117. The zero-order chi connectivity index (χ0) is 20.9. The number of anilines is 2. The molecular weight excluding hydrogens is 416 g/mol. The molecule has 0 aliphatic rings. The number of rotatable bonds is 9. The van der Waals surface area contributed by atoms with Gasteiger partial charge in [0.25, 0.3) is 0 Å². The van der Waals surface area contributed by atoms with Crippen LogP contribution in [0.25, 0.3) is 0 Å². The van der Waals surface area contributed by atoms with Gasteiger partial charge in [-0.1, -0.05) is 42.2 Å². The number of nitrogens with zero attached hydrogens (tertiary/aromatic N) is 3. The van der Waals surface area contributed by atoms with Crippen LogP contribution in [0.1, 0.15) is 24.5 Å². The molecule has 1 aromatic heterocycles. The number of carbonyl (C=O) groups is 1. The molecule has 0 radical (unpaired) electrons. The Morgan fingerprint density at radius 2 is 2.07 bits per heavy atom. The maximum absolute atomic E-state index is 12.9. The molecule has 2 rings (SSSR count). The highest BCUT2D eigenvalue weighted by Gasteiger charge is 2.32. The summed E-state index contributed by atoms with van der Waals surface area (Å²) in [6.07, 6.45) is 3.17. The van der Waals surface area contributed by atoms with Crippen molar-refractivity contribution in [1.82, 2.24) is 10.2 Å². The van der Waals surface area contributed by atoms with Crippen molar-refractivity contribution in [3.05, 3.63) is 42.0 Å². The third kappa shape index (κ3) is 5.55. The van der Waals surface area contributed by atoms with E-state index >= 15 is 0 Å². The molecular formula is C18H24N4O3S3. The molecule has 2 aromatic rings. The number of carbonyl (C=O) groups excluding carboxylic acids is 1. The number of thioether (sulfide) groups is 1. The number of sulfonamides is 1. The first-order chi connectivity index (χ1) is 13.2. The summed E-state index contributed by atoms with van der Waals surface area (Å²) < 4.78 is 26.9. The molecule has 28 heavy (non-hydrogen) atoms. The molecule has 0 spiro atoms. The number of nitrogens with one attached hydrogen (secondary N) is 1. The fourth-order valence-corrected chi connectivity index (χ4v) is 5.28. The molecule has 1 heterocycles. The molecule has 0 bridgehead atoms. The van der Waals surface area contributed by atoms with Crippen molar-refractivity contribution in [2.75, 3.05) is 21.6 Å². The number of benzene rings is 1. The van der Waals surface area contributed by atoms with Crippen LogP contribution in [0.4, 0.5) is 10.8 Å². The number of hydrogen-bond acceptors (Lipinski definition) is 7. The molecule has 1 atom stereocenters. The number of amides is 1. The van der Waals surface area contributed by atoms with E-state index in [2.05, 4.69) is 22.1 Å². The van der Waals surface area contributed by atoms with Crippen LogP contribution < -0.4 is 9.62 Å². The van der Waals surface area contributed by atoms with Crippen LogP contribution in [0.3, 0.4) is 0 Å². The molecule has 0 aliphatic carbocycles. The fraction of sp³-hybridized carbons (Fsp3) is 0.389. The van der Waals surface area contributed by atoms with Crippen molar-refractivity contribution in [2.24, 2.45) is 0 Å². The minimum Gasteiger partial charge on any atom is -0.299 e. The number of aromatic nitrogens is 2. The zero-order valence-corrected chi connectivity index (χ0v) is 18.7. The highest BCUT2D eigenvalue weighted by Crippen LogP contribution is 2.28. The quantitative estimate of drug-likeness (QED) is 0.364. The van der Waals surface area contributed by atoms with Gasteiger partial charge >= 0.3 is 0 Å². The summed E-state index contributed by atoms with van der Waals surface area (Å²) in [7, 11) is -3.68. The Labute approximate surface area is 174 Å². The van der Waals surface area contributed by atoms with E-state index in [9.17, 15) is 13.2 Å². The van der Waals surface area contributed by atoms with Gasteiger partial charge in [0, 0.05) is 5.75 Å². The fourth-order valence-electron chi connectivity index (χ4n) is 2.56. The van der Waals surface area contributed by atoms with Crippen molar-refractivity contribution in [2.45, 2.75) is 37.6 Å². The second-order valence-electron chi connectivity index (χ2n) is 6.21. The molecule has 0 aliphatic heterocycles. The summed E-state index contributed by atoms with van der Waals surface area (Å²) in [5.41, 5.74) is 2.47. The SMILES string of the molecule is C=CCSc1nnc(NC(=O)[C@H](CC)N(c2ccc(C)c(C)c2)S(C)(=O)=O)s1. The Kier molecular flexibility index (Phi) is 7.62. The number of aryl methyl sites for hydroxylation is 2. The van der Waals surface area contributed by atoms with Crippen molar-refractivity contribution in [3.63, 3.8) is 0 Å². The van der Waals surface area contributed by atoms with E-state index in [1.54, 1.807) is 25.1 Å². The molecule has 7 nitrogen and oxygen atoms in total. The standard InChI is InChI=1S/C18H24N4O3S3/c1-6-10-26-18-21-20-17(27-18)19-16(23)15(7-2)22(28(5,24)25)14-9-8-12(3)13(4)11-14/h6,8-9,11,15H,1,7,10H2,2-5H3,(H,19,20,23)/t15-/m0/s1. The average Bonchev–Trinajstić information content (AvgIpc) is 3.06. The van der Waals surface area contributed by atoms with Crippen LogP contribution in [-0.4, -0.2) is 42.6 Å². The van der Waals surface area contributed by atoms with Crippen molar-refractivity contribution >= 4 is 49.8 Å². The van der Waals surface area contributed by atoms with Crippen molar-refractivity contribution < 1.29 is 13.2 Å². The lowest BCUT2D eigenvalue weighted by atomic mass is 10.1. The van der Waals surface area contributed by atoms with E-state index in [-0.39, 0.29) is 0 Å². The molecule has 0 fully saturated rings. The van der Waals surface area contributed by atoms with Gasteiger partial charge in [0.2, 0.25) is 21.1 Å². The summed E-state index contributed by atoms with van der Waals surface area (Å²) in [6.45, 7) is 9.28. The predicted molar refractivity (Wildman–Crippen MR) is 117 cm³/mol. The molecule has 1 aromatic carbocycles. The maximum atomic E-state index is 12.9. The van der Waals surface area contributed by atoms with E-state index in [0.717, 1.165) is 17.4 Å². The Morgan fingerprint density at radius 3 is 2.64 bits per heavy atom. The molecule has 0 saturated heterocycles. The smallest absolute Gasteiger partial charge is 0.250 e. The normalized spacial score (nSPS) is 12.4. The second kappa shape index (κ2) is 9.53. The van der Waals surface area contributed by atoms with E-state index in [1.807, 2.05) is 19.9 Å². The predicted octanol–water partition coefficient (Wildman–Crippen LogP) is 3.62. The van der Waals surface area contributed by atoms with Gasteiger partial charge in [-0.25, -0.2) is 8.42 Å². The van der Waals surface area contributed by atoms with Gasteiger partial charge in [-0.3, -0.25) is 14.4 Å². The lowest BCUT2D eigenvalue weighted by Gasteiger charge is -2.30. The number of hydrogen-bond donors (Lipinski definition) is 1. The lowest BCUT2D eigenvalue weighted by Crippen LogP contribution is -2.47. The van der Waals surface area contributed by atoms with Crippen LogP contribution in [0.5, 0.6) is 0 Å². The Balaban J connectivity index is 2.29. The van der Waals surface area contributed by atoms with Crippen LogP contribution in [0, 0.1) is 13.8 Å². The van der Waals surface area contributed by atoms with Crippen LogP contribution in [0.15, 0.2) is 35.2 Å². The van der Waals surface area contributed by atoms with Crippen molar-refractivity contribution in [1.29, 1.82) is 0 Å². The Hall–Kier alpha value is -1.91. The first-order valence-corrected chi connectivity index (χ1v) is 12.3. The molecule has 1 N–H and O–H groups in total. The van der Waals surface area contributed by atoms with Gasteiger partial charge in [-0.15, -0.1) is 16.8 Å². The van der Waals surface area contributed by atoms with E-state index < -0.39 is 22.0 Å². The second-order valence-corrected chi connectivity index (χ2v) is 10.3. The van der Waals surface area contributed by atoms with E-state index in [0.29, 0.717) is 27.3 Å². The Morgan fingerprint density at radius 1 is 1.36 bits per heavy atom. The van der Waals surface area contributed by atoms with Gasteiger partial charge in [0.1, 0.15) is 6.04 Å². The highest BCUT2D eigenvalue weighted by molar-refractivity contribution is 8.01. The van der Waals surface area contributed by atoms with Crippen LogP contribution in [0.2, 0.25) is 0 Å². The van der Waals surface area contributed by atoms with E-state index in [1.165, 1.54) is 27.4 Å². The molecule has 0 saturated carbocycles. The third-order valence-electron chi connectivity index (χ3n) is 4.04. The first kappa shape index (κ1) is 22.4. The maximum Gasteiger partial charge on any atom is 0.250 e. The monoisotopic (exact) mass is 440 g/mol. The average molecular weight is 441 g/mol. The molecule has 0 unspecified atom stereocenters. The molecule has 1 amide bonds. The third-order valence-corrected chi connectivity index (χ3v) is 7.18. The molecule has 10 heteroatoms. The highest BCUT2D eigenvalue weighted by atomic mass is 32.2. The summed E-state index contributed by atoms with van der Waals surface area (Å²) >= 11 is 2.70. The Bertz CT molecular complexity index is 957. The van der Waals surface area contributed by atoms with Gasteiger partial charge in [0.15, 0.2) is 4.34 Å². The molecule has 152 valence electrons. The van der Waals surface area contributed by atoms with Gasteiger partial charge in [-0.2, -0.15) is 0 Å². The van der Waals surface area contributed by atoms with Gasteiger partial charge in [0.05, 0.1) is 11.9 Å². The van der Waals surface area contributed by atoms with Gasteiger partial charge < -0.3 is 0 Å². The van der Waals surface area contributed by atoms with E-state index in [4.69, 9.17) is 0 Å². The van der Waals surface area contributed by atoms with Crippen LogP contribution >= 0.6 is 23.1 Å². The first-order valence-electron chi connectivity index (χ1n) is 8.62. The minimum absolute atomic E-state index is 0.308. The summed E-state index contributed by atoms with van der Waals surface area (Å²) in [5, 5.41) is 11.0. The topological polar surface area (TPSA) is 92.3 Å². The largest absolute Gasteiger partial charge is 0.299 e.